The molecule has 0 radical (unpaired) electrons. The number of imidazole rings is 1. The van der Waals surface area contributed by atoms with Crippen molar-refractivity contribution in [3.05, 3.63) is 48.5 Å². The van der Waals surface area contributed by atoms with Crippen molar-refractivity contribution in [3.8, 4) is 5.69 Å². The molecule has 1 aliphatic heterocycles. The number of benzene rings is 1. The smallest absolute Gasteiger partial charge is 0.240 e. The van der Waals surface area contributed by atoms with Gasteiger partial charge in [0.25, 0.3) is 0 Å². The summed E-state index contributed by atoms with van der Waals surface area (Å²) in [4.78, 5) is 18.2. The molecule has 1 aromatic heterocycles. The van der Waals surface area contributed by atoms with E-state index in [1.807, 2.05) is 10.8 Å². The van der Waals surface area contributed by atoms with Crippen molar-refractivity contribution in [2.75, 3.05) is 20.3 Å². The minimum atomic E-state index is -0.683. The molecular weight excluding hydrogens is 292 g/mol. The number of hydrogen-bond donors (Lipinski definition) is 1. The highest BCUT2D eigenvalue weighted by atomic mass is 16.5. The van der Waals surface area contributed by atoms with Gasteiger partial charge in [0, 0.05) is 31.7 Å². The maximum atomic E-state index is 12.0. The van der Waals surface area contributed by atoms with Gasteiger partial charge in [0.15, 0.2) is 0 Å². The van der Waals surface area contributed by atoms with E-state index in [9.17, 15) is 4.79 Å². The summed E-state index contributed by atoms with van der Waals surface area (Å²) in [5, 5.41) is 0. The molecule has 6 nitrogen and oxygen atoms in total. The van der Waals surface area contributed by atoms with Crippen molar-refractivity contribution in [2.24, 2.45) is 5.73 Å². The number of carbonyl (C=O) groups excluding carboxylic acids is 1. The van der Waals surface area contributed by atoms with Gasteiger partial charge >= 0.3 is 0 Å². The normalized spacial score (nSPS) is 21.6. The average Bonchev–Trinajstić information content (AvgIpc) is 3.20. The van der Waals surface area contributed by atoms with Crippen LogP contribution in [-0.4, -0.2) is 46.2 Å². The molecule has 2 N–H and O–H groups in total. The maximum Gasteiger partial charge on any atom is 0.240 e. The van der Waals surface area contributed by atoms with Crippen LogP contribution in [0.3, 0.4) is 0 Å². The second kappa shape index (κ2) is 6.52. The average molecular weight is 314 g/mol. The van der Waals surface area contributed by atoms with Crippen LogP contribution in [0.1, 0.15) is 18.4 Å². The Labute approximate surface area is 135 Å². The number of nitrogens with zero attached hydrogens (tertiary/aromatic N) is 3. The lowest BCUT2D eigenvalue weighted by atomic mass is 9.96. The number of aromatic nitrogens is 2. The Bertz CT molecular complexity index is 654. The number of amides is 1. The van der Waals surface area contributed by atoms with Crippen molar-refractivity contribution in [2.45, 2.75) is 24.9 Å². The zero-order valence-corrected chi connectivity index (χ0v) is 13.3. The third-order valence-corrected chi connectivity index (χ3v) is 4.58. The molecule has 0 bridgehead atoms. The molecule has 1 unspecified atom stereocenters. The number of nitrogens with two attached hydrogens (primary N) is 1. The van der Waals surface area contributed by atoms with Crippen LogP contribution in [0.15, 0.2) is 43.0 Å². The predicted molar refractivity (Wildman–Crippen MR) is 87.0 cm³/mol. The minimum absolute atomic E-state index is 0.299. The van der Waals surface area contributed by atoms with Crippen LogP contribution in [-0.2, 0) is 16.1 Å². The molecular formula is C17H22N4O2. The summed E-state index contributed by atoms with van der Waals surface area (Å²) in [7, 11) is 1.61. The Morgan fingerprint density at radius 3 is 2.78 bits per heavy atom. The lowest BCUT2D eigenvalue weighted by molar-refractivity contribution is -0.132. The molecule has 2 aromatic rings. The maximum absolute atomic E-state index is 12.0. The quantitative estimate of drug-likeness (QED) is 0.873. The van der Waals surface area contributed by atoms with Gasteiger partial charge in [-0.25, -0.2) is 4.98 Å². The predicted octanol–water partition coefficient (Wildman–Crippen LogP) is 1.34. The number of hydrogen-bond acceptors (Lipinski definition) is 4. The van der Waals surface area contributed by atoms with Gasteiger partial charge in [-0.2, -0.15) is 0 Å². The highest BCUT2D eigenvalue weighted by Crippen LogP contribution is 2.31. The first-order chi connectivity index (χ1) is 11.2. The summed E-state index contributed by atoms with van der Waals surface area (Å²) in [5.41, 5.74) is 7.21. The van der Waals surface area contributed by atoms with E-state index < -0.39 is 5.54 Å². The highest BCUT2D eigenvalue weighted by molar-refractivity contribution is 5.85. The van der Waals surface area contributed by atoms with Crippen molar-refractivity contribution in [1.82, 2.24) is 14.5 Å². The van der Waals surface area contributed by atoms with Gasteiger partial charge in [-0.15, -0.1) is 0 Å². The zero-order valence-electron chi connectivity index (χ0n) is 13.3. The highest BCUT2D eigenvalue weighted by Gasteiger charge is 2.46. The standard InChI is InChI=1S/C17H22N4O2/c1-23-12-17(16(18)22)7-2-9-21(17)11-14-3-5-15(6-4-14)20-10-8-19-13-20/h3-6,8,10,13H,2,7,9,11-12H2,1H3,(H2,18,22). The second-order valence-corrected chi connectivity index (χ2v) is 5.99. The van der Waals surface area contributed by atoms with Crippen molar-refractivity contribution < 1.29 is 9.53 Å². The number of carbonyl (C=O) groups is 1. The van der Waals surface area contributed by atoms with Crippen LogP contribution in [0.5, 0.6) is 0 Å². The summed E-state index contributed by atoms with van der Waals surface area (Å²) in [6, 6.07) is 8.25. The largest absolute Gasteiger partial charge is 0.382 e. The molecule has 1 aliphatic rings. The van der Waals surface area contributed by atoms with E-state index in [2.05, 4.69) is 34.1 Å². The summed E-state index contributed by atoms with van der Waals surface area (Å²) in [6.07, 6.45) is 7.14. The van der Waals surface area contributed by atoms with E-state index in [4.69, 9.17) is 10.5 Å². The van der Waals surface area contributed by atoms with Gasteiger partial charge in [0.2, 0.25) is 5.91 Å². The Kier molecular flexibility index (Phi) is 4.45. The van der Waals surface area contributed by atoms with Crippen LogP contribution in [0.25, 0.3) is 5.69 Å². The molecule has 0 aliphatic carbocycles. The van der Waals surface area contributed by atoms with Gasteiger partial charge in [0.05, 0.1) is 12.9 Å². The van der Waals surface area contributed by atoms with E-state index in [1.165, 1.54) is 0 Å². The van der Waals surface area contributed by atoms with Crippen molar-refractivity contribution in [1.29, 1.82) is 0 Å². The van der Waals surface area contributed by atoms with E-state index in [0.29, 0.717) is 13.2 Å². The molecule has 1 aromatic carbocycles. The number of methoxy groups -OCH3 is 1. The fourth-order valence-corrected chi connectivity index (χ4v) is 3.32. The third kappa shape index (κ3) is 3.00. The molecule has 1 atom stereocenters. The monoisotopic (exact) mass is 314 g/mol. The third-order valence-electron chi connectivity index (χ3n) is 4.58. The summed E-state index contributed by atoms with van der Waals surface area (Å²) >= 11 is 0. The van der Waals surface area contributed by atoms with Crippen LogP contribution in [0.4, 0.5) is 0 Å². The number of likely N-dealkylation sites (tertiary alicyclic amines) is 1. The lowest BCUT2D eigenvalue weighted by Gasteiger charge is -2.35. The molecule has 1 saturated heterocycles. The molecule has 0 spiro atoms. The zero-order chi connectivity index (χ0) is 16.3. The topological polar surface area (TPSA) is 73.4 Å². The summed E-state index contributed by atoms with van der Waals surface area (Å²) in [6.45, 7) is 1.89. The van der Waals surface area contributed by atoms with Crippen LogP contribution < -0.4 is 5.73 Å². The van der Waals surface area contributed by atoms with Crippen LogP contribution in [0.2, 0.25) is 0 Å². The lowest BCUT2D eigenvalue weighted by Crippen LogP contribution is -2.56. The molecule has 0 saturated carbocycles. The van der Waals surface area contributed by atoms with Gasteiger partial charge < -0.3 is 15.0 Å². The minimum Gasteiger partial charge on any atom is -0.382 e. The summed E-state index contributed by atoms with van der Waals surface area (Å²) < 4.78 is 7.23. The first kappa shape index (κ1) is 15.7. The fourth-order valence-electron chi connectivity index (χ4n) is 3.32. The van der Waals surface area contributed by atoms with Crippen molar-refractivity contribution >= 4 is 5.91 Å². The Morgan fingerprint density at radius 2 is 2.17 bits per heavy atom. The molecule has 3 rings (SSSR count). The Balaban J connectivity index is 1.77. The molecule has 1 amide bonds. The fraction of sp³-hybridized carbons (Fsp3) is 0.412. The van der Waals surface area contributed by atoms with E-state index >= 15 is 0 Å². The van der Waals surface area contributed by atoms with Gasteiger partial charge in [-0.1, -0.05) is 12.1 Å². The van der Waals surface area contributed by atoms with Gasteiger partial charge in [0.1, 0.15) is 5.54 Å². The van der Waals surface area contributed by atoms with E-state index in [-0.39, 0.29) is 5.91 Å². The first-order valence-corrected chi connectivity index (χ1v) is 7.77. The molecule has 1 fully saturated rings. The summed E-state index contributed by atoms with van der Waals surface area (Å²) in [5.74, 6) is -0.299. The van der Waals surface area contributed by atoms with Gasteiger partial charge in [-0.05, 0) is 37.1 Å². The molecule has 122 valence electrons. The van der Waals surface area contributed by atoms with Crippen LogP contribution >= 0.6 is 0 Å². The SMILES string of the molecule is COCC1(C(N)=O)CCCN1Cc1ccc(-n2ccnc2)cc1. The molecule has 23 heavy (non-hydrogen) atoms. The molecule has 2 heterocycles. The Hall–Kier alpha value is -2.18. The number of rotatable bonds is 6. The van der Waals surface area contributed by atoms with E-state index in [0.717, 1.165) is 30.6 Å². The Morgan fingerprint density at radius 1 is 1.39 bits per heavy atom. The van der Waals surface area contributed by atoms with Crippen molar-refractivity contribution in [3.63, 3.8) is 0 Å². The number of ether oxygens (including phenoxy) is 1. The first-order valence-electron chi connectivity index (χ1n) is 7.77. The van der Waals surface area contributed by atoms with E-state index in [1.54, 1.807) is 19.6 Å². The van der Waals surface area contributed by atoms with Crippen LogP contribution in [0, 0.1) is 0 Å². The van der Waals surface area contributed by atoms with Gasteiger partial charge in [-0.3, -0.25) is 9.69 Å². The molecule has 6 heteroatoms. The second-order valence-electron chi connectivity index (χ2n) is 5.99. The number of primary amides is 1.